The van der Waals surface area contributed by atoms with Gasteiger partial charge in [-0.05, 0) is 24.5 Å². The van der Waals surface area contributed by atoms with Gasteiger partial charge >= 0.3 is 5.69 Å². The summed E-state index contributed by atoms with van der Waals surface area (Å²) < 4.78 is 1.24. The van der Waals surface area contributed by atoms with Crippen LogP contribution in [0.15, 0.2) is 33.9 Å². The molecule has 1 heterocycles. The van der Waals surface area contributed by atoms with Crippen molar-refractivity contribution in [1.29, 1.82) is 0 Å². The zero-order chi connectivity index (χ0) is 13.6. The Bertz CT molecular complexity index is 761. The predicted molar refractivity (Wildman–Crippen MR) is 74.0 cm³/mol. The number of aromatic amines is 1. The van der Waals surface area contributed by atoms with E-state index in [-0.39, 0.29) is 16.6 Å². The molecule has 1 aromatic heterocycles. The molecule has 1 aliphatic carbocycles. The Morgan fingerprint density at radius 1 is 1.37 bits per heavy atom. The van der Waals surface area contributed by atoms with Crippen LogP contribution in [0.25, 0.3) is 0 Å². The highest BCUT2D eigenvalue weighted by Crippen LogP contribution is 2.35. The second kappa shape index (κ2) is 4.38. The van der Waals surface area contributed by atoms with E-state index in [1.807, 2.05) is 18.2 Å². The zero-order valence-corrected chi connectivity index (χ0v) is 11.2. The molecule has 2 aromatic rings. The standard InChI is InChI=1S/C14H13ClN2O2/c1-8-12(15)16-14(19)17(13(8)18)7-10-6-9-4-2-3-5-11(9)10/h2-5,10H,6-7H2,1H3,(H,16,19). The van der Waals surface area contributed by atoms with Gasteiger partial charge in [-0.25, -0.2) is 4.79 Å². The minimum absolute atomic E-state index is 0.125. The molecule has 1 unspecified atom stereocenters. The summed E-state index contributed by atoms with van der Waals surface area (Å²) in [6.45, 7) is 2.02. The van der Waals surface area contributed by atoms with Gasteiger partial charge in [-0.2, -0.15) is 0 Å². The second-order valence-corrected chi connectivity index (χ2v) is 5.26. The molecule has 19 heavy (non-hydrogen) atoms. The van der Waals surface area contributed by atoms with Gasteiger partial charge in [0.2, 0.25) is 0 Å². The summed E-state index contributed by atoms with van der Waals surface area (Å²) in [5.74, 6) is 0.232. The van der Waals surface area contributed by atoms with Gasteiger partial charge in [0.1, 0.15) is 5.15 Å². The monoisotopic (exact) mass is 276 g/mol. The number of H-pyrrole nitrogens is 1. The Labute approximate surface area is 114 Å². The van der Waals surface area contributed by atoms with Crippen molar-refractivity contribution in [3.05, 3.63) is 66.9 Å². The van der Waals surface area contributed by atoms with Crippen LogP contribution in [0.2, 0.25) is 5.15 Å². The Balaban J connectivity index is 1.97. The van der Waals surface area contributed by atoms with Gasteiger partial charge in [0, 0.05) is 18.0 Å². The van der Waals surface area contributed by atoms with Gasteiger partial charge < -0.3 is 0 Å². The molecule has 1 aromatic carbocycles. The van der Waals surface area contributed by atoms with Gasteiger partial charge in [-0.1, -0.05) is 35.9 Å². The minimum atomic E-state index is -0.440. The summed E-state index contributed by atoms with van der Waals surface area (Å²) in [5, 5.41) is 0.125. The number of hydrogen-bond acceptors (Lipinski definition) is 2. The Morgan fingerprint density at radius 3 is 2.84 bits per heavy atom. The zero-order valence-electron chi connectivity index (χ0n) is 10.4. The first-order chi connectivity index (χ1) is 9.08. The van der Waals surface area contributed by atoms with Crippen molar-refractivity contribution in [2.24, 2.45) is 0 Å². The van der Waals surface area contributed by atoms with Crippen molar-refractivity contribution >= 4 is 11.6 Å². The third kappa shape index (κ3) is 1.92. The third-order valence-electron chi connectivity index (χ3n) is 3.72. The molecule has 5 heteroatoms. The van der Waals surface area contributed by atoms with Crippen LogP contribution in [-0.2, 0) is 13.0 Å². The van der Waals surface area contributed by atoms with Crippen LogP contribution in [0.5, 0.6) is 0 Å². The van der Waals surface area contributed by atoms with Crippen LogP contribution in [-0.4, -0.2) is 9.55 Å². The Hall–Kier alpha value is -1.81. The molecule has 0 spiro atoms. The van der Waals surface area contributed by atoms with E-state index in [0.717, 1.165) is 6.42 Å². The normalized spacial score (nSPS) is 16.8. The molecule has 98 valence electrons. The van der Waals surface area contributed by atoms with E-state index in [1.54, 1.807) is 6.92 Å². The number of hydrogen-bond donors (Lipinski definition) is 1. The molecule has 1 aliphatic rings. The predicted octanol–water partition coefficient (Wildman–Crippen LogP) is 1.84. The lowest BCUT2D eigenvalue weighted by Gasteiger charge is -2.30. The molecule has 3 rings (SSSR count). The van der Waals surface area contributed by atoms with E-state index in [0.29, 0.717) is 12.1 Å². The van der Waals surface area contributed by atoms with Gasteiger partial charge in [-0.15, -0.1) is 0 Å². The number of aromatic nitrogens is 2. The molecule has 0 bridgehead atoms. The number of nitrogens with zero attached hydrogens (tertiary/aromatic N) is 1. The average molecular weight is 277 g/mol. The van der Waals surface area contributed by atoms with Crippen molar-refractivity contribution in [2.75, 3.05) is 0 Å². The van der Waals surface area contributed by atoms with Crippen molar-refractivity contribution < 1.29 is 0 Å². The van der Waals surface area contributed by atoms with Crippen LogP contribution >= 0.6 is 11.6 Å². The molecule has 1 atom stereocenters. The van der Waals surface area contributed by atoms with Gasteiger partial charge in [0.15, 0.2) is 0 Å². The third-order valence-corrected chi connectivity index (χ3v) is 4.10. The smallest absolute Gasteiger partial charge is 0.297 e. The summed E-state index contributed by atoms with van der Waals surface area (Å²) in [7, 11) is 0. The lowest BCUT2D eigenvalue weighted by molar-refractivity contribution is 0.481. The summed E-state index contributed by atoms with van der Waals surface area (Å²) in [4.78, 5) is 26.4. The molecule has 0 radical (unpaired) electrons. The molecule has 0 saturated heterocycles. The van der Waals surface area contributed by atoms with Crippen molar-refractivity contribution in [1.82, 2.24) is 9.55 Å². The summed E-state index contributed by atoms with van der Waals surface area (Å²) in [6.07, 6.45) is 0.906. The first-order valence-electron chi connectivity index (χ1n) is 6.15. The first-order valence-corrected chi connectivity index (χ1v) is 6.52. The van der Waals surface area contributed by atoms with Crippen LogP contribution in [0, 0.1) is 6.92 Å². The highest BCUT2D eigenvalue weighted by atomic mass is 35.5. The van der Waals surface area contributed by atoms with Crippen molar-refractivity contribution in [3.63, 3.8) is 0 Å². The minimum Gasteiger partial charge on any atom is -0.297 e. The lowest BCUT2D eigenvalue weighted by Crippen LogP contribution is -2.39. The van der Waals surface area contributed by atoms with Gasteiger partial charge in [-0.3, -0.25) is 14.3 Å². The fourth-order valence-corrected chi connectivity index (χ4v) is 2.72. The summed E-state index contributed by atoms with van der Waals surface area (Å²) in [6, 6.07) is 8.10. The molecule has 0 aliphatic heterocycles. The fraction of sp³-hybridized carbons (Fsp3) is 0.286. The van der Waals surface area contributed by atoms with Crippen molar-refractivity contribution in [3.8, 4) is 0 Å². The highest BCUT2D eigenvalue weighted by molar-refractivity contribution is 6.30. The molecule has 0 saturated carbocycles. The number of fused-ring (bicyclic) bond motifs is 1. The molecule has 1 N–H and O–H groups in total. The van der Waals surface area contributed by atoms with Crippen LogP contribution in [0.3, 0.4) is 0 Å². The number of halogens is 1. The SMILES string of the molecule is Cc1c(Cl)[nH]c(=O)n(CC2Cc3ccccc32)c1=O. The second-order valence-electron chi connectivity index (χ2n) is 4.88. The quantitative estimate of drug-likeness (QED) is 0.851. The van der Waals surface area contributed by atoms with Crippen molar-refractivity contribution in [2.45, 2.75) is 25.8 Å². The first kappa shape index (κ1) is 12.2. The van der Waals surface area contributed by atoms with Crippen LogP contribution in [0.4, 0.5) is 0 Å². The topological polar surface area (TPSA) is 54.9 Å². The average Bonchev–Trinajstić information content (AvgIpc) is 2.37. The van der Waals surface area contributed by atoms with Gasteiger partial charge in [0.05, 0.1) is 0 Å². The number of benzene rings is 1. The summed E-state index contributed by atoms with van der Waals surface area (Å²) in [5.41, 5.74) is 2.15. The maximum atomic E-state index is 12.1. The Morgan fingerprint density at radius 2 is 2.11 bits per heavy atom. The van der Waals surface area contributed by atoms with E-state index in [1.165, 1.54) is 15.7 Å². The van der Waals surface area contributed by atoms with Crippen LogP contribution < -0.4 is 11.2 Å². The van der Waals surface area contributed by atoms with E-state index < -0.39 is 5.69 Å². The largest absolute Gasteiger partial charge is 0.329 e. The number of nitrogens with one attached hydrogen (secondary N) is 1. The van der Waals surface area contributed by atoms with E-state index in [9.17, 15) is 9.59 Å². The van der Waals surface area contributed by atoms with E-state index >= 15 is 0 Å². The van der Waals surface area contributed by atoms with Gasteiger partial charge in [0.25, 0.3) is 5.56 Å². The maximum absolute atomic E-state index is 12.1. The molecule has 0 fully saturated rings. The maximum Gasteiger partial charge on any atom is 0.329 e. The lowest BCUT2D eigenvalue weighted by atomic mass is 9.77. The van der Waals surface area contributed by atoms with Crippen LogP contribution in [0.1, 0.15) is 22.6 Å². The molecular formula is C14H13ClN2O2. The highest BCUT2D eigenvalue weighted by Gasteiger charge is 2.26. The van der Waals surface area contributed by atoms with E-state index in [2.05, 4.69) is 11.1 Å². The number of rotatable bonds is 2. The summed E-state index contributed by atoms with van der Waals surface area (Å²) >= 11 is 5.79. The Kier molecular flexibility index (Phi) is 2.82. The van der Waals surface area contributed by atoms with E-state index in [4.69, 9.17) is 11.6 Å². The molecular weight excluding hydrogens is 264 g/mol. The molecule has 0 amide bonds. The molecule has 4 nitrogen and oxygen atoms in total. The fourth-order valence-electron chi connectivity index (χ4n) is 2.56.